The number of hydrogen-bond donors (Lipinski definition) is 1. The van der Waals surface area contributed by atoms with Crippen molar-refractivity contribution in [1.29, 1.82) is 5.26 Å². The molecule has 0 aromatic carbocycles. The predicted octanol–water partition coefficient (Wildman–Crippen LogP) is 0.633. The third-order valence-electron chi connectivity index (χ3n) is 1.50. The average Bonchev–Trinajstić information content (AvgIpc) is 2.06. The number of aryl methyl sites for hydroxylation is 1. The summed E-state index contributed by atoms with van der Waals surface area (Å²) in [6.07, 6.45) is 1.06. The number of pyridine rings is 1. The molecule has 0 atom stereocenters. The van der Waals surface area contributed by atoms with E-state index in [9.17, 15) is 8.42 Å². The molecule has 0 amide bonds. The summed E-state index contributed by atoms with van der Waals surface area (Å²) in [4.78, 5) is 3.89. The van der Waals surface area contributed by atoms with Crippen LogP contribution >= 0.6 is 0 Å². The van der Waals surface area contributed by atoms with Gasteiger partial charge in [-0.3, -0.25) is 4.72 Å². The minimum absolute atomic E-state index is 0.265. The van der Waals surface area contributed by atoms with E-state index >= 15 is 0 Å². The standard InChI is InChI=1S/C8H9N3O2S/c1-6-8(11-14(2,12)13)4-3-7(5-9)10-6/h3-4,11H,1-2H3. The van der Waals surface area contributed by atoms with E-state index < -0.39 is 10.0 Å². The molecule has 0 aliphatic carbocycles. The van der Waals surface area contributed by atoms with E-state index in [2.05, 4.69) is 9.71 Å². The molecule has 1 N–H and O–H groups in total. The molecule has 1 rings (SSSR count). The summed E-state index contributed by atoms with van der Waals surface area (Å²) in [5, 5.41) is 8.53. The molecule has 5 nitrogen and oxygen atoms in total. The highest BCUT2D eigenvalue weighted by atomic mass is 32.2. The van der Waals surface area contributed by atoms with Gasteiger partial charge in [-0.2, -0.15) is 5.26 Å². The fourth-order valence-corrected chi connectivity index (χ4v) is 1.55. The molecule has 0 spiro atoms. The van der Waals surface area contributed by atoms with Crippen LogP contribution in [0.5, 0.6) is 0 Å². The van der Waals surface area contributed by atoms with Gasteiger partial charge in [0, 0.05) is 0 Å². The second kappa shape index (κ2) is 3.64. The summed E-state index contributed by atoms with van der Waals surface area (Å²) >= 11 is 0. The molecule has 0 unspecified atom stereocenters. The van der Waals surface area contributed by atoms with Gasteiger partial charge in [0.2, 0.25) is 10.0 Å². The van der Waals surface area contributed by atoms with Crippen LogP contribution in [-0.4, -0.2) is 19.7 Å². The van der Waals surface area contributed by atoms with E-state index in [-0.39, 0.29) is 5.69 Å². The maximum atomic E-state index is 10.9. The molecule has 0 bridgehead atoms. The minimum atomic E-state index is -3.29. The lowest BCUT2D eigenvalue weighted by Gasteiger charge is -2.05. The monoisotopic (exact) mass is 211 g/mol. The first-order chi connectivity index (χ1) is 6.42. The van der Waals surface area contributed by atoms with Crippen LogP contribution in [-0.2, 0) is 10.0 Å². The van der Waals surface area contributed by atoms with Crippen LogP contribution in [0.1, 0.15) is 11.4 Å². The normalized spacial score (nSPS) is 10.6. The molecule has 74 valence electrons. The number of aromatic nitrogens is 1. The second-order valence-electron chi connectivity index (χ2n) is 2.82. The quantitative estimate of drug-likeness (QED) is 0.777. The van der Waals surface area contributed by atoms with Crippen LogP contribution in [0.25, 0.3) is 0 Å². The van der Waals surface area contributed by atoms with Crippen molar-refractivity contribution in [3.05, 3.63) is 23.5 Å². The van der Waals surface area contributed by atoms with Gasteiger partial charge in [0.15, 0.2) is 0 Å². The van der Waals surface area contributed by atoms with Crippen LogP contribution in [0.15, 0.2) is 12.1 Å². The number of nitriles is 1. The van der Waals surface area contributed by atoms with Gasteiger partial charge in [-0.05, 0) is 19.1 Å². The zero-order valence-corrected chi connectivity index (χ0v) is 8.59. The summed E-state index contributed by atoms with van der Waals surface area (Å²) in [6, 6.07) is 4.84. The van der Waals surface area contributed by atoms with E-state index in [1.165, 1.54) is 12.1 Å². The first kappa shape index (κ1) is 10.5. The number of nitrogens with one attached hydrogen (secondary N) is 1. The van der Waals surface area contributed by atoms with Gasteiger partial charge in [-0.25, -0.2) is 13.4 Å². The predicted molar refractivity (Wildman–Crippen MR) is 52.2 cm³/mol. The highest BCUT2D eigenvalue weighted by Gasteiger charge is 2.06. The first-order valence-corrected chi connectivity index (χ1v) is 5.67. The Kier molecular flexibility index (Phi) is 2.72. The highest BCUT2D eigenvalue weighted by Crippen LogP contribution is 2.13. The lowest BCUT2D eigenvalue weighted by molar-refractivity contribution is 0.606. The van der Waals surface area contributed by atoms with Crippen molar-refractivity contribution in [1.82, 2.24) is 4.98 Å². The number of hydrogen-bond acceptors (Lipinski definition) is 4. The Bertz CT molecular complexity index is 488. The Morgan fingerprint density at radius 3 is 2.57 bits per heavy atom. The maximum Gasteiger partial charge on any atom is 0.229 e. The molecule has 0 saturated carbocycles. The summed E-state index contributed by atoms with van der Waals surface area (Å²) in [5.41, 5.74) is 1.14. The molecular formula is C8H9N3O2S. The second-order valence-corrected chi connectivity index (χ2v) is 4.56. The van der Waals surface area contributed by atoms with Gasteiger partial charge in [-0.1, -0.05) is 0 Å². The van der Waals surface area contributed by atoms with Crippen molar-refractivity contribution in [2.45, 2.75) is 6.92 Å². The van der Waals surface area contributed by atoms with E-state index in [0.29, 0.717) is 11.4 Å². The maximum absolute atomic E-state index is 10.9. The van der Waals surface area contributed by atoms with Crippen molar-refractivity contribution in [3.8, 4) is 6.07 Å². The Hall–Kier alpha value is -1.61. The van der Waals surface area contributed by atoms with Gasteiger partial charge in [0.05, 0.1) is 17.6 Å². The van der Waals surface area contributed by atoms with Crippen LogP contribution in [0.4, 0.5) is 5.69 Å². The smallest absolute Gasteiger partial charge is 0.229 e. The van der Waals surface area contributed by atoms with Crippen molar-refractivity contribution >= 4 is 15.7 Å². The largest absolute Gasteiger partial charge is 0.282 e. The molecule has 0 radical (unpaired) electrons. The van der Waals surface area contributed by atoms with Gasteiger partial charge >= 0.3 is 0 Å². The molecule has 0 fully saturated rings. The zero-order valence-electron chi connectivity index (χ0n) is 7.77. The third-order valence-corrected chi connectivity index (χ3v) is 2.09. The fraction of sp³-hybridized carbons (Fsp3) is 0.250. The molecule has 1 aromatic rings. The molecule has 0 saturated heterocycles. The van der Waals surface area contributed by atoms with Crippen LogP contribution in [0, 0.1) is 18.3 Å². The molecule has 0 aliphatic heterocycles. The topological polar surface area (TPSA) is 82.8 Å². The molecular weight excluding hydrogens is 202 g/mol. The molecule has 0 aliphatic rings. The first-order valence-electron chi connectivity index (χ1n) is 3.78. The van der Waals surface area contributed by atoms with Crippen LogP contribution in [0.3, 0.4) is 0 Å². The highest BCUT2D eigenvalue weighted by molar-refractivity contribution is 7.92. The SMILES string of the molecule is Cc1nc(C#N)ccc1NS(C)(=O)=O. The average molecular weight is 211 g/mol. The van der Waals surface area contributed by atoms with E-state index in [0.717, 1.165) is 6.26 Å². The third kappa shape index (κ3) is 2.71. The van der Waals surface area contributed by atoms with Crippen molar-refractivity contribution in [2.24, 2.45) is 0 Å². The lowest BCUT2D eigenvalue weighted by atomic mass is 10.3. The van der Waals surface area contributed by atoms with Crippen LogP contribution < -0.4 is 4.72 Å². The van der Waals surface area contributed by atoms with Gasteiger partial charge in [0.1, 0.15) is 11.8 Å². The zero-order chi connectivity index (χ0) is 10.8. The Balaban J connectivity index is 3.09. The van der Waals surface area contributed by atoms with Gasteiger partial charge < -0.3 is 0 Å². The van der Waals surface area contributed by atoms with E-state index in [1.54, 1.807) is 6.92 Å². The summed E-state index contributed by atoms with van der Waals surface area (Å²) in [5.74, 6) is 0. The minimum Gasteiger partial charge on any atom is -0.282 e. The summed E-state index contributed by atoms with van der Waals surface area (Å²) in [7, 11) is -3.29. The lowest BCUT2D eigenvalue weighted by Crippen LogP contribution is -2.11. The number of rotatable bonds is 2. The molecule has 6 heteroatoms. The number of anilines is 1. The fourth-order valence-electron chi connectivity index (χ4n) is 0.931. The van der Waals surface area contributed by atoms with Crippen molar-refractivity contribution in [3.63, 3.8) is 0 Å². The van der Waals surface area contributed by atoms with Crippen molar-refractivity contribution in [2.75, 3.05) is 11.0 Å². The molecule has 1 aromatic heterocycles. The number of sulfonamides is 1. The van der Waals surface area contributed by atoms with Gasteiger partial charge in [-0.15, -0.1) is 0 Å². The molecule has 14 heavy (non-hydrogen) atoms. The van der Waals surface area contributed by atoms with E-state index in [1.807, 2.05) is 6.07 Å². The number of nitrogens with zero attached hydrogens (tertiary/aromatic N) is 2. The Labute approximate surface area is 82.4 Å². The van der Waals surface area contributed by atoms with E-state index in [4.69, 9.17) is 5.26 Å². The van der Waals surface area contributed by atoms with Crippen LogP contribution in [0.2, 0.25) is 0 Å². The Morgan fingerprint density at radius 2 is 2.14 bits per heavy atom. The summed E-state index contributed by atoms with van der Waals surface area (Å²) in [6.45, 7) is 1.63. The van der Waals surface area contributed by atoms with Gasteiger partial charge in [0.25, 0.3) is 0 Å². The Morgan fingerprint density at radius 1 is 1.50 bits per heavy atom. The summed E-state index contributed by atoms with van der Waals surface area (Å²) < 4.78 is 24.1. The van der Waals surface area contributed by atoms with Crippen molar-refractivity contribution < 1.29 is 8.42 Å². The molecule has 1 heterocycles.